The first-order chi connectivity index (χ1) is 5.77. The minimum absolute atomic E-state index is 0.0614. The summed E-state index contributed by atoms with van der Waals surface area (Å²) in [7, 11) is 2.98. The summed E-state index contributed by atoms with van der Waals surface area (Å²) in [4.78, 5) is 11.1. The van der Waals surface area contributed by atoms with Crippen molar-refractivity contribution in [3.05, 3.63) is 0 Å². The number of ether oxygens (including phenoxy) is 3. The van der Waals surface area contributed by atoms with E-state index in [0.29, 0.717) is 13.0 Å². The van der Waals surface area contributed by atoms with Crippen LogP contribution in [0.5, 0.6) is 0 Å². The molecular weight excluding hydrogens is 160 g/mol. The molecule has 2 atom stereocenters. The van der Waals surface area contributed by atoms with Gasteiger partial charge in [0.25, 0.3) is 0 Å². The number of rotatable bonds is 2. The summed E-state index contributed by atoms with van der Waals surface area (Å²) in [6.45, 7) is 0.568. The van der Waals surface area contributed by atoms with E-state index >= 15 is 0 Å². The SMILES string of the molecule is COC(=O)C1CCOC(OC)C1. The Morgan fingerprint density at radius 3 is 2.83 bits per heavy atom. The molecule has 4 heteroatoms. The lowest BCUT2D eigenvalue weighted by molar-refractivity contribution is -0.176. The van der Waals surface area contributed by atoms with Gasteiger partial charge in [-0.15, -0.1) is 0 Å². The molecule has 0 bridgehead atoms. The highest BCUT2D eigenvalue weighted by Gasteiger charge is 2.28. The lowest BCUT2D eigenvalue weighted by Gasteiger charge is -2.26. The Morgan fingerprint density at radius 2 is 2.25 bits per heavy atom. The minimum atomic E-state index is -0.247. The van der Waals surface area contributed by atoms with Crippen molar-refractivity contribution in [3.8, 4) is 0 Å². The zero-order valence-electron chi connectivity index (χ0n) is 7.41. The Labute approximate surface area is 71.8 Å². The topological polar surface area (TPSA) is 44.8 Å². The van der Waals surface area contributed by atoms with E-state index in [1.165, 1.54) is 7.11 Å². The van der Waals surface area contributed by atoms with Gasteiger partial charge in [0.15, 0.2) is 6.29 Å². The maximum absolute atomic E-state index is 11.1. The van der Waals surface area contributed by atoms with Crippen molar-refractivity contribution in [2.45, 2.75) is 19.1 Å². The molecule has 0 aromatic carbocycles. The van der Waals surface area contributed by atoms with Crippen LogP contribution in [-0.2, 0) is 19.0 Å². The molecule has 0 saturated carbocycles. The molecular formula is C8H14O4. The van der Waals surface area contributed by atoms with Gasteiger partial charge in [0.2, 0.25) is 0 Å². The molecule has 12 heavy (non-hydrogen) atoms. The van der Waals surface area contributed by atoms with Crippen LogP contribution < -0.4 is 0 Å². The van der Waals surface area contributed by atoms with E-state index in [2.05, 4.69) is 4.74 Å². The van der Waals surface area contributed by atoms with E-state index in [9.17, 15) is 4.79 Å². The summed E-state index contributed by atoms with van der Waals surface area (Å²) in [5, 5.41) is 0. The normalized spacial score (nSPS) is 29.8. The van der Waals surface area contributed by atoms with Crippen molar-refractivity contribution < 1.29 is 19.0 Å². The summed E-state index contributed by atoms with van der Waals surface area (Å²) < 4.78 is 14.8. The molecule has 0 aromatic heterocycles. The van der Waals surface area contributed by atoms with Gasteiger partial charge in [-0.2, -0.15) is 0 Å². The summed E-state index contributed by atoms with van der Waals surface area (Å²) >= 11 is 0. The van der Waals surface area contributed by atoms with Crippen LogP contribution in [0.1, 0.15) is 12.8 Å². The first kappa shape index (κ1) is 9.48. The Hall–Kier alpha value is -0.610. The Kier molecular flexibility index (Phi) is 3.49. The van der Waals surface area contributed by atoms with E-state index < -0.39 is 0 Å². The van der Waals surface area contributed by atoms with Gasteiger partial charge in [-0.25, -0.2) is 0 Å². The molecule has 2 unspecified atom stereocenters. The molecule has 70 valence electrons. The number of hydrogen-bond donors (Lipinski definition) is 0. The molecule has 0 N–H and O–H groups in total. The first-order valence-corrected chi connectivity index (χ1v) is 4.00. The fourth-order valence-electron chi connectivity index (χ4n) is 1.30. The zero-order valence-corrected chi connectivity index (χ0v) is 7.41. The van der Waals surface area contributed by atoms with Gasteiger partial charge >= 0.3 is 5.97 Å². The third kappa shape index (κ3) is 2.19. The minimum Gasteiger partial charge on any atom is -0.469 e. The second-order valence-electron chi connectivity index (χ2n) is 2.78. The van der Waals surface area contributed by atoms with Crippen molar-refractivity contribution in [2.24, 2.45) is 5.92 Å². The Balaban J connectivity index is 2.40. The van der Waals surface area contributed by atoms with Crippen molar-refractivity contribution in [3.63, 3.8) is 0 Å². The molecule has 0 radical (unpaired) electrons. The van der Waals surface area contributed by atoms with E-state index in [1.54, 1.807) is 7.11 Å². The third-order valence-electron chi connectivity index (χ3n) is 2.04. The molecule has 1 aliphatic heterocycles. The van der Waals surface area contributed by atoms with E-state index in [-0.39, 0.29) is 18.2 Å². The first-order valence-electron chi connectivity index (χ1n) is 4.00. The van der Waals surface area contributed by atoms with Gasteiger partial charge in [-0.05, 0) is 6.42 Å². The molecule has 0 aromatic rings. The standard InChI is InChI=1S/C8H14O4/c1-10-7-5-6(3-4-12-7)8(9)11-2/h6-7H,3-5H2,1-2H3. The number of methoxy groups -OCH3 is 2. The zero-order chi connectivity index (χ0) is 8.97. The third-order valence-corrected chi connectivity index (χ3v) is 2.04. The predicted molar refractivity (Wildman–Crippen MR) is 41.5 cm³/mol. The quantitative estimate of drug-likeness (QED) is 0.574. The second-order valence-corrected chi connectivity index (χ2v) is 2.78. The van der Waals surface area contributed by atoms with Crippen LogP contribution in [-0.4, -0.2) is 33.1 Å². The summed E-state index contributed by atoms with van der Waals surface area (Å²) in [5.74, 6) is -0.228. The lowest BCUT2D eigenvalue weighted by atomic mass is 10.00. The Morgan fingerprint density at radius 1 is 1.50 bits per heavy atom. The van der Waals surface area contributed by atoms with Gasteiger partial charge in [0.1, 0.15) is 0 Å². The highest BCUT2D eigenvalue weighted by atomic mass is 16.7. The van der Waals surface area contributed by atoms with Gasteiger partial charge in [0, 0.05) is 13.5 Å². The number of hydrogen-bond acceptors (Lipinski definition) is 4. The van der Waals surface area contributed by atoms with Crippen LogP contribution in [0.3, 0.4) is 0 Å². The average Bonchev–Trinajstić information content (AvgIpc) is 2.17. The summed E-state index contributed by atoms with van der Waals surface area (Å²) in [6, 6.07) is 0. The van der Waals surface area contributed by atoms with Crippen LogP contribution in [0, 0.1) is 5.92 Å². The van der Waals surface area contributed by atoms with Gasteiger partial charge in [0.05, 0.1) is 19.6 Å². The summed E-state index contributed by atoms with van der Waals surface area (Å²) in [6.07, 6.45) is 1.08. The molecule has 1 aliphatic rings. The fourth-order valence-corrected chi connectivity index (χ4v) is 1.30. The molecule has 1 fully saturated rings. The van der Waals surface area contributed by atoms with Crippen molar-refractivity contribution in [2.75, 3.05) is 20.8 Å². The maximum atomic E-state index is 11.1. The predicted octanol–water partition coefficient (Wildman–Crippen LogP) is 0.558. The molecule has 4 nitrogen and oxygen atoms in total. The van der Waals surface area contributed by atoms with Crippen LogP contribution in [0.25, 0.3) is 0 Å². The van der Waals surface area contributed by atoms with Crippen LogP contribution in [0.4, 0.5) is 0 Å². The van der Waals surface area contributed by atoms with Crippen LogP contribution in [0.15, 0.2) is 0 Å². The summed E-state index contributed by atoms with van der Waals surface area (Å²) in [5.41, 5.74) is 0. The molecule has 1 saturated heterocycles. The van der Waals surface area contributed by atoms with Gasteiger partial charge in [-0.3, -0.25) is 4.79 Å². The van der Waals surface area contributed by atoms with Crippen LogP contribution in [0.2, 0.25) is 0 Å². The monoisotopic (exact) mass is 174 g/mol. The van der Waals surface area contributed by atoms with Crippen LogP contribution >= 0.6 is 0 Å². The molecule has 0 aliphatic carbocycles. The Bertz CT molecular complexity index is 157. The fraction of sp³-hybridized carbons (Fsp3) is 0.875. The molecule has 1 rings (SSSR count). The smallest absolute Gasteiger partial charge is 0.308 e. The molecule has 1 heterocycles. The van der Waals surface area contributed by atoms with Gasteiger partial charge < -0.3 is 14.2 Å². The van der Waals surface area contributed by atoms with Crippen molar-refractivity contribution >= 4 is 5.97 Å². The van der Waals surface area contributed by atoms with Crippen molar-refractivity contribution in [1.29, 1.82) is 0 Å². The highest BCUT2D eigenvalue weighted by molar-refractivity contribution is 5.72. The van der Waals surface area contributed by atoms with Crippen molar-refractivity contribution in [1.82, 2.24) is 0 Å². The number of carbonyl (C=O) groups is 1. The van der Waals surface area contributed by atoms with E-state index in [0.717, 1.165) is 6.42 Å². The molecule has 0 amide bonds. The second kappa shape index (κ2) is 4.42. The van der Waals surface area contributed by atoms with Gasteiger partial charge in [-0.1, -0.05) is 0 Å². The maximum Gasteiger partial charge on any atom is 0.308 e. The van der Waals surface area contributed by atoms with E-state index in [4.69, 9.17) is 9.47 Å². The number of carbonyl (C=O) groups excluding carboxylic acids is 1. The lowest BCUT2D eigenvalue weighted by Crippen LogP contribution is -2.31. The number of esters is 1. The molecule has 0 spiro atoms. The highest BCUT2D eigenvalue weighted by Crippen LogP contribution is 2.21. The largest absolute Gasteiger partial charge is 0.469 e. The average molecular weight is 174 g/mol. The van der Waals surface area contributed by atoms with E-state index in [1.807, 2.05) is 0 Å².